The zero-order valence-corrected chi connectivity index (χ0v) is 14.0. The zero-order chi connectivity index (χ0) is 17.0. The first-order valence-corrected chi connectivity index (χ1v) is 7.94. The minimum Gasteiger partial charge on any atom is -0.467 e. The first-order valence-electron chi connectivity index (χ1n) is 7.12. The van der Waals surface area contributed by atoms with Crippen LogP contribution in [0.25, 0.3) is 10.4 Å². The van der Waals surface area contributed by atoms with Gasteiger partial charge in [0, 0.05) is 11.9 Å². The molecule has 1 heterocycles. The number of esters is 1. The van der Waals surface area contributed by atoms with E-state index in [1.807, 2.05) is 26.0 Å². The van der Waals surface area contributed by atoms with Crippen LogP contribution in [0.3, 0.4) is 0 Å². The van der Waals surface area contributed by atoms with Gasteiger partial charge in [0.2, 0.25) is 0 Å². The first-order chi connectivity index (χ1) is 10.9. The normalized spacial score (nSPS) is 12.0. The Morgan fingerprint density at radius 3 is 2.48 bits per heavy atom. The molecule has 0 aliphatic carbocycles. The van der Waals surface area contributed by atoms with Crippen LogP contribution < -0.4 is 11.1 Å². The van der Waals surface area contributed by atoms with E-state index >= 15 is 0 Å². The average Bonchev–Trinajstić information content (AvgIpc) is 3.02. The Bertz CT molecular complexity index is 695. The summed E-state index contributed by atoms with van der Waals surface area (Å²) in [7, 11) is 1.30. The van der Waals surface area contributed by atoms with Gasteiger partial charge in [-0.15, -0.1) is 11.3 Å². The van der Waals surface area contributed by atoms with E-state index in [1.54, 1.807) is 18.3 Å². The summed E-state index contributed by atoms with van der Waals surface area (Å²) in [4.78, 5) is 29.0. The maximum absolute atomic E-state index is 12.3. The summed E-state index contributed by atoms with van der Waals surface area (Å²) >= 11 is 1.26. The molecule has 2 rings (SSSR count). The summed E-state index contributed by atoms with van der Waals surface area (Å²) in [5.74, 6) is -0.938. The van der Waals surface area contributed by atoms with E-state index in [-0.39, 0.29) is 11.8 Å². The predicted molar refractivity (Wildman–Crippen MR) is 90.1 cm³/mol. The van der Waals surface area contributed by atoms with E-state index in [1.165, 1.54) is 18.4 Å². The van der Waals surface area contributed by atoms with Crippen LogP contribution in [-0.4, -0.2) is 30.0 Å². The van der Waals surface area contributed by atoms with Gasteiger partial charge in [-0.2, -0.15) is 0 Å². The monoisotopic (exact) mass is 333 g/mol. The molecule has 0 radical (unpaired) electrons. The molecule has 1 aromatic heterocycles. The topological polar surface area (TPSA) is 94.3 Å². The summed E-state index contributed by atoms with van der Waals surface area (Å²) in [6.45, 7) is 3.67. The number of ether oxygens (including phenoxy) is 1. The number of thiazole rings is 1. The maximum atomic E-state index is 12.3. The Labute approximate surface area is 138 Å². The van der Waals surface area contributed by atoms with Crippen LogP contribution in [0.15, 0.2) is 30.5 Å². The molecule has 0 aliphatic rings. The molecule has 0 saturated heterocycles. The van der Waals surface area contributed by atoms with E-state index in [0.717, 1.165) is 10.4 Å². The summed E-state index contributed by atoms with van der Waals surface area (Å²) in [6, 6.07) is 6.63. The van der Waals surface area contributed by atoms with Gasteiger partial charge in [0.05, 0.1) is 12.0 Å². The number of aromatic nitrogens is 1. The third-order valence-corrected chi connectivity index (χ3v) is 4.35. The molecule has 1 unspecified atom stereocenters. The quantitative estimate of drug-likeness (QED) is 0.647. The lowest BCUT2D eigenvalue weighted by molar-refractivity contribution is -0.144. The number of nitrogens with zero attached hydrogens (tertiary/aromatic N) is 1. The molecule has 0 fully saturated rings. The number of methoxy groups -OCH3 is 1. The van der Waals surface area contributed by atoms with Crippen LogP contribution in [0.5, 0.6) is 0 Å². The van der Waals surface area contributed by atoms with E-state index in [2.05, 4.69) is 10.3 Å². The van der Waals surface area contributed by atoms with Crippen molar-refractivity contribution in [2.24, 2.45) is 5.92 Å². The van der Waals surface area contributed by atoms with Crippen LogP contribution >= 0.6 is 11.3 Å². The zero-order valence-electron chi connectivity index (χ0n) is 13.2. The van der Waals surface area contributed by atoms with Gasteiger partial charge in [0.1, 0.15) is 6.04 Å². The third kappa shape index (κ3) is 4.07. The number of anilines is 1. The minimum absolute atomic E-state index is 0.0806. The highest BCUT2D eigenvalue weighted by Crippen LogP contribution is 2.26. The molecule has 6 nitrogen and oxygen atoms in total. The molecule has 3 N–H and O–H groups in total. The fourth-order valence-corrected chi connectivity index (χ4v) is 2.81. The Morgan fingerprint density at radius 2 is 1.91 bits per heavy atom. The number of carbonyl (C=O) groups is 2. The first kappa shape index (κ1) is 17.0. The van der Waals surface area contributed by atoms with Crippen molar-refractivity contribution in [3.8, 4) is 10.4 Å². The van der Waals surface area contributed by atoms with Crippen LogP contribution in [0.4, 0.5) is 5.69 Å². The van der Waals surface area contributed by atoms with Crippen molar-refractivity contribution in [1.29, 1.82) is 0 Å². The Balaban J connectivity index is 2.14. The molecular formula is C16H19N3O3S. The van der Waals surface area contributed by atoms with Crippen LogP contribution in [-0.2, 0) is 9.53 Å². The third-order valence-electron chi connectivity index (χ3n) is 3.30. The highest BCUT2D eigenvalue weighted by molar-refractivity contribution is 7.17. The van der Waals surface area contributed by atoms with Crippen molar-refractivity contribution in [3.63, 3.8) is 0 Å². The largest absolute Gasteiger partial charge is 0.467 e. The Hall–Kier alpha value is -2.41. The van der Waals surface area contributed by atoms with Crippen molar-refractivity contribution >= 4 is 28.9 Å². The number of carbonyl (C=O) groups excluding carboxylic acids is 2. The van der Waals surface area contributed by atoms with Crippen molar-refractivity contribution in [2.75, 3.05) is 12.8 Å². The standard InChI is InChI=1S/C16H19N3O3S/c1-9(2)13(16(21)22-3)19-14(20)15-18-8-12(23-15)10-4-6-11(17)7-5-10/h4-9,13H,17H2,1-3H3,(H,19,20). The molecule has 0 bridgehead atoms. The molecule has 1 atom stereocenters. The highest BCUT2D eigenvalue weighted by atomic mass is 32.1. The van der Waals surface area contributed by atoms with Gasteiger partial charge in [-0.25, -0.2) is 9.78 Å². The van der Waals surface area contributed by atoms with E-state index in [0.29, 0.717) is 10.7 Å². The van der Waals surface area contributed by atoms with E-state index in [9.17, 15) is 9.59 Å². The molecule has 23 heavy (non-hydrogen) atoms. The van der Waals surface area contributed by atoms with Gasteiger partial charge in [-0.1, -0.05) is 26.0 Å². The molecule has 0 aliphatic heterocycles. The summed E-state index contributed by atoms with van der Waals surface area (Å²) in [6.07, 6.45) is 1.63. The average molecular weight is 333 g/mol. The molecule has 1 aromatic carbocycles. The highest BCUT2D eigenvalue weighted by Gasteiger charge is 2.26. The molecule has 1 amide bonds. The van der Waals surface area contributed by atoms with Crippen LogP contribution in [0.2, 0.25) is 0 Å². The lowest BCUT2D eigenvalue weighted by Gasteiger charge is -2.18. The van der Waals surface area contributed by atoms with Crippen LogP contribution in [0.1, 0.15) is 23.6 Å². The maximum Gasteiger partial charge on any atom is 0.328 e. The molecular weight excluding hydrogens is 314 g/mol. The smallest absolute Gasteiger partial charge is 0.328 e. The van der Waals surface area contributed by atoms with Crippen LogP contribution in [0, 0.1) is 5.92 Å². The van der Waals surface area contributed by atoms with E-state index < -0.39 is 12.0 Å². The lowest BCUT2D eigenvalue weighted by atomic mass is 10.0. The molecule has 0 saturated carbocycles. The molecule has 7 heteroatoms. The number of rotatable bonds is 5. The number of nitrogens with one attached hydrogen (secondary N) is 1. The second-order valence-electron chi connectivity index (χ2n) is 5.37. The second kappa shape index (κ2) is 7.23. The second-order valence-corrected chi connectivity index (χ2v) is 6.40. The van der Waals surface area contributed by atoms with Crippen molar-refractivity contribution in [2.45, 2.75) is 19.9 Å². The van der Waals surface area contributed by atoms with Crippen molar-refractivity contribution in [1.82, 2.24) is 10.3 Å². The van der Waals surface area contributed by atoms with Gasteiger partial charge < -0.3 is 15.8 Å². The van der Waals surface area contributed by atoms with Gasteiger partial charge >= 0.3 is 5.97 Å². The lowest BCUT2D eigenvalue weighted by Crippen LogP contribution is -2.44. The van der Waals surface area contributed by atoms with E-state index in [4.69, 9.17) is 10.5 Å². The van der Waals surface area contributed by atoms with Gasteiger partial charge in [-0.05, 0) is 23.6 Å². The number of benzene rings is 1. The predicted octanol–water partition coefficient (Wildman–Crippen LogP) is 2.32. The summed E-state index contributed by atoms with van der Waals surface area (Å²) in [5, 5.41) is 2.97. The van der Waals surface area contributed by atoms with Gasteiger partial charge in [-0.3, -0.25) is 4.79 Å². The van der Waals surface area contributed by atoms with Gasteiger partial charge in [0.15, 0.2) is 5.01 Å². The fraction of sp³-hybridized carbons (Fsp3) is 0.312. The molecule has 2 aromatic rings. The number of nitrogens with two attached hydrogens (primary N) is 1. The fourth-order valence-electron chi connectivity index (χ4n) is 1.99. The van der Waals surface area contributed by atoms with Gasteiger partial charge in [0.25, 0.3) is 5.91 Å². The molecule has 0 spiro atoms. The summed E-state index contributed by atoms with van der Waals surface area (Å²) < 4.78 is 4.71. The number of nitrogen functional groups attached to an aromatic ring is 1. The van der Waals surface area contributed by atoms with Crippen molar-refractivity contribution < 1.29 is 14.3 Å². The van der Waals surface area contributed by atoms with Crippen molar-refractivity contribution in [3.05, 3.63) is 35.5 Å². The number of hydrogen-bond acceptors (Lipinski definition) is 6. The Kier molecular flexibility index (Phi) is 5.33. The Morgan fingerprint density at radius 1 is 1.26 bits per heavy atom. The minimum atomic E-state index is -0.698. The number of amides is 1. The SMILES string of the molecule is COC(=O)C(NC(=O)c1ncc(-c2ccc(N)cc2)s1)C(C)C. The molecule has 122 valence electrons. The number of hydrogen-bond donors (Lipinski definition) is 2. The summed E-state index contributed by atoms with van der Waals surface area (Å²) in [5.41, 5.74) is 7.27.